The van der Waals surface area contributed by atoms with Gasteiger partial charge in [-0.05, 0) is 34.3 Å². The van der Waals surface area contributed by atoms with Gasteiger partial charge in [0.1, 0.15) is 4.90 Å². The first-order valence-electron chi connectivity index (χ1n) is 5.98. The maximum atomic E-state index is 12.6. The lowest BCUT2D eigenvalue weighted by Crippen LogP contribution is -2.42. The number of rotatable bonds is 4. The Morgan fingerprint density at radius 1 is 1.47 bits per heavy atom. The second-order valence-electron chi connectivity index (χ2n) is 5.62. The van der Waals surface area contributed by atoms with Crippen LogP contribution in [0.2, 0.25) is 0 Å². The average Bonchev–Trinajstić information content (AvgIpc) is 2.68. The van der Waals surface area contributed by atoms with Gasteiger partial charge in [0, 0.05) is 24.5 Å². The van der Waals surface area contributed by atoms with Gasteiger partial charge in [0.05, 0.1) is 3.79 Å². The van der Waals surface area contributed by atoms with Crippen LogP contribution in [0.3, 0.4) is 0 Å². The fourth-order valence-corrected chi connectivity index (χ4v) is 5.64. The zero-order valence-corrected chi connectivity index (χ0v) is 15.1. The van der Waals surface area contributed by atoms with Crippen LogP contribution in [0.4, 0.5) is 0 Å². The molecule has 0 radical (unpaired) electrons. The van der Waals surface area contributed by atoms with Crippen LogP contribution < -0.4 is 5.73 Å². The lowest BCUT2D eigenvalue weighted by atomic mass is 9.88. The summed E-state index contributed by atoms with van der Waals surface area (Å²) in [6, 6.07) is 1.54. The smallest absolute Gasteiger partial charge is 0.245 e. The molecular formula is C12H21BrN2O2S2. The Hall–Kier alpha value is 0.0500. The maximum Gasteiger partial charge on any atom is 0.245 e. The summed E-state index contributed by atoms with van der Waals surface area (Å²) in [6.45, 7) is 8.34. The summed E-state index contributed by atoms with van der Waals surface area (Å²) in [5.74, 6) is 0. The first-order chi connectivity index (χ1) is 8.51. The molecule has 0 aliphatic rings. The molecule has 4 nitrogen and oxygen atoms in total. The number of nitrogens with two attached hydrogens (primary N) is 1. The normalized spacial score (nSPS) is 14.9. The van der Waals surface area contributed by atoms with Gasteiger partial charge < -0.3 is 5.73 Å². The summed E-state index contributed by atoms with van der Waals surface area (Å²) in [5.41, 5.74) is 5.44. The zero-order valence-electron chi connectivity index (χ0n) is 11.9. The quantitative estimate of drug-likeness (QED) is 0.887. The van der Waals surface area contributed by atoms with E-state index in [1.54, 1.807) is 13.1 Å². The molecule has 7 heteroatoms. The van der Waals surface area contributed by atoms with Crippen molar-refractivity contribution >= 4 is 37.3 Å². The molecule has 0 aliphatic heterocycles. The van der Waals surface area contributed by atoms with Crippen LogP contribution in [0.25, 0.3) is 0 Å². The predicted octanol–water partition coefficient (Wildman–Crippen LogP) is 3.02. The fraction of sp³-hybridized carbons (Fsp3) is 0.667. The minimum absolute atomic E-state index is 0.106. The Bertz CT molecular complexity index is 547. The van der Waals surface area contributed by atoms with E-state index in [4.69, 9.17) is 5.73 Å². The second-order valence-corrected chi connectivity index (χ2v) is 10.0. The molecular weight excluding hydrogens is 348 g/mol. The van der Waals surface area contributed by atoms with Gasteiger partial charge in [0.15, 0.2) is 0 Å². The van der Waals surface area contributed by atoms with E-state index in [0.29, 0.717) is 15.2 Å². The minimum atomic E-state index is -3.50. The van der Waals surface area contributed by atoms with Crippen molar-refractivity contribution in [1.29, 1.82) is 0 Å². The summed E-state index contributed by atoms with van der Waals surface area (Å²) < 4.78 is 27.3. The highest BCUT2D eigenvalue weighted by molar-refractivity contribution is 9.11. The Morgan fingerprint density at radius 3 is 2.37 bits per heavy atom. The monoisotopic (exact) mass is 368 g/mol. The molecule has 19 heavy (non-hydrogen) atoms. The van der Waals surface area contributed by atoms with Crippen LogP contribution in [0.1, 0.15) is 32.6 Å². The molecule has 1 heterocycles. The lowest BCUT2D eigenvalue weighted by molar-refractivity contribution is 0.216. The van der Waals surface area contributed by atoms with Crippen molar-refractivity contribution in [3.05, 3.63) is 14.7 Å². The number of halogens is 1. The van der Waals surface area contributed by atoms with E-state index in [2.05, 4.69) is 15.9 Å². The number of hydrogen-bond donors (Lipinski definition) is 1. The third-order valence-corrected chi connectivity index (χ3v) is 7.57. The van der Waals surface area contributed by atoms with E-state index in [-0.39, 0.29) is 11.5 Å². The summed E-state index contributed by atoms with van der Waals surface area (Å²) >= 11 is 4.68. The molecule has 1 unspecified atom stereocenters. The minimum Gasteiger partial charge on any atom is -0.326 e. The summed E-state index contributed by atoms with van der Waals surface area (Å²) in [6.07, 6.45) is 0. The lowest BCUT2D eigenvalue weighted by Gasteiger charge is -2.34. The van der Waals surface area contributed by atoms with Crippen LogP contribution in [0, 0.1) is 5.41 Å². The SMILES string of the molecule is CC(N(C)S(=O)(=O)c1cc(CN)sc1Br)C(C)(C)C. The van der Waals surface area contributed by atoms with Gasteiger partial charge in [-0.1, -0.05) is 20.8 Å². The van der Waals surface area contributed by atoms with Gasteiger partial charge in [0.25, 0.3) is 0 Å². The second kappa shape index (κ2) is 5.81. The molecule has 0 aliphatic carbocycles. The van der Waals surface area contributed by atoms with Crippen molar-refractivity contribution in [2.24, 2.45) is 11.1 Å². The third kappa shape index (κ3) is 3.58. The van der Waals surface area contributed by atoms with Crippen molar-refractivity contribution in [1.82, 2.24) is 4.31 Å². The van der Waals surface area contributed by atoms with Crippen molar-refractivity contribution < 1.29 is 8.42 Å². The van der Waals surface area contributed by atoms with Crippen molar-refractivity contribution in [2.45, 2.75) is 45.2 Å². The van der Waals surface area contributed by atoms with E-state index in [0.717, 1.165) is 4.88 Å². The molecule has 0 aromatic carbocycles. The van der Waals surface area contributed by atoms with E-state index < -0.39 is 10.0 Å². The van der Waals surface area contributed by atoms with Crippen LogP contribution in [-0.4, -0.2) is 25.8 Å². The maximum absolute atomic E-state index is 12.6. The third-order valence-electron chi connectivity index (χ3n) is 3.36. The zero-order chi connectivity index (χ0) is 15.0. The first kappa shape index (κ1) is 17.1. The van der Waals surface area contributed by atoms with E-state index in [1.807, 2.05) is 27.7 Å². The molecule has 0 saturated carbocycles. The highest BCUT2D eigenvalue weighted by Crippen LogP contribution is 2.35. The van der Waals surface area contributed by atoms with Crippen LogP contribution in [-0.2, 0) is 16.6 Å². The molecule has 1 aromatic heterocycles. The van der Waals surface area contributed by atoms with Crippen molar-refractivity contribution in [3.8, 4) is 0 Å². The predicted molar refractivity (Wildman–Crippen MR) is 83.8 cm³/mol. The first-order valence-corrected chi connectivity index (χ1v) is 9.03. The van der Waals surface area contributed by atoms with Gasteiger partial charge in [0.2, 0.25) is 10.0 Å². The van der Waals surface area contributed by atoms with Gasteiger partial charge >= 0.3 is 0 Å². The summed E-state index contributed by atoms with van der Waals surface area (Å²) in [5, 5.41) is 0. The Morgan fingerprint density at radius 2 is 2.00 bits per heavy atom. The molecule has 1 aromatic rings. The topological polar surface area (TPSA) is 63.4 Å². The number of thiophene rings is 1. The largest absolute Gasteiger partial charge is 0.326 e. The van der Waals surface area contributed by atoms with E-state index in [9.17, 15) is 8.42 Å². The average molecular weight is 369 g/mol. The standard InChI is InChI=1S/C12H21BrN2O2S2/c1-8(12(2,3)4)15(5)19(16,17)10-6-9(7-14)18-11(10)13/h6,8H,7,14H2,1-5H3. The highest BCUT2D eigenvalue weighted by atomic mass is 79.9. The molecule has 2 N–H and O–H groups in total. The van der Waals surface area contributed by atoms with Crippen molar-refractivity contribution in [2.75, 3.05) is 7.05 Å². The van der Waals surface area contributed by atoms with Gasteiger partial charge in [-0.15, -0.1) is 11.3 Å². The molecule has 1 atom stereocenters. The molecule has 0 bridgehead atoms. The molecule has 110 valence electrons. The molecule has 0 saturated heterocycles. The van der Waals surface area contributed by atoms with Gasteiger partial charge in [-0.25, -0.2) is 8.42 Å². The van der Waals surface area contributed by atoms with Crippen LogP contribution in [0.5, 0.6) is 0 Å². The highest BCUT2D eigenvalue weighted by Gasteiger charge is 2.34. The van der Waals surface area contributed by atoms with Crippen LogP contribution >= 0.6 is 27.3 Å². The number of hydrogen-bond acceptors (Lipinski definition) is 4. The Balaban J connectivity index is 3.20. The summed E-state index contributed by atoms with van der Waals surface area (Å²) in [7, 11) is -1.88. The Labute approximate surface area is 128 Å². The number of sulfonamides is 1. The van der Waals surface area contributed by atoms with Crippen LogP contribution in [0.15, 0.2) is 14.7 Å². The number of nitrogens with zero attached hydrogens (tertiary/aromatic N) is 1. The van der Waals surface area contributed by atoms with E-state index >= 15 is 0 Å². The molecule has 1 rings (SSSR count). The van der Waals surface area contributed by atoms with Crippen molar-refractivity contribution in [3.63, 3.8) is 0 Å². The molecule has 0 fully saturated rings. The van der Waals surface area contributed by atoms with Gasteiger partial charge in [-0.3, -0.25) is 0 Å². The van der Waals surface area contributed by atoms with Gasteiger partial charge in [-0.2, -0.15) is 4.31 Å². The Kier molecular flexibility index (Phi) is 5.23. The molecule has 0 spiro atoms. The molecule has 0 amide bonds. The fourth-order valence-electron chi connectivity index (χ4n) is 1.58. The summed E-state index contributed by atoms with van der Waals surface area (Å²) in [4.78, 5) is 1.15. The van der Waals surface area contributed by atoms with E-state index in [1.165, 1.54) is 15.6 Å².